The fourth-order valence-electron chi connectivity index (χ4n) is 2.00. The Morgan fingerprint density at radius 2 is 1.69 bits per heavy atom. The molecule has 2 aromatic rings. The number of rotatable bonds is 6. The third-order valence-electron chi connectivity index (χ3n) is 3.34. The molecule has 10 heteroatoms. The zero-order valence-corrected chi connectivity index (χ0v) is 15.7. The fraction of sp³-hybridized carbons (Fsp3) is 0.188. The Bertz CT molecular complexity index is 777. The van der Waals surface area contributed by atoms with Gasteiger partial charge >= 0.3 is 0 Å². The van der Waals surface area contributed by atoms with Crippen LogP contribution >= 0.6 is 34.8 Å². The van der Waals surface area contributed by atoms with Crippen molar-refractivity contribution in [1.82, 2.24) is 5.32 Å². The van der Waals surface area contributed by atoms with E-state index in [2.05, 4.69) is 10.6 Å². The lowest BCUT2D eigenvalue weighted by atomic mass is 10.2. The van der Waals surface area contributed by atoms with E-state index >= 15 is 0 Å². The number of nitro groups is 1. The van der Waals surface area contributed by atoms with E-state index in [4.69, 9.17) is 39.5 Å². The zero-order valence-electron chi connectivity index (χ0n) is 13.4. The van der Waals surface area contributed by atoms with Crippen molar-refractivity contribution in [2.24, 2.45) is 0 Å². The van der Waals surface area contributed by atoms with Gasteiger partial charge < -0.3 is 15.4 Å². The molecule has 2 N–H and O–H groups in total. The molecule has 0 aromatic heterocycles. The van der Waals surface area contributed by atoms with Gasteiger partial charge in [0.25, 0.3) is 11.6 Å². The summed E-state index contributed by atoms with van der Waals surface area (Å²) < 4.78 is 3.16. The number of nitrogens with zero attached hydrogens (tertiary/aromatic N) is 1. The van der Waals surface area contributed by atoms with Crippen molar-refractivity contribution in [1.29, 1.82) is 0 Å². The predicted molar refractivity (Wildman–Crippen MR) is 101 cm³/mol. The lowest BCUT2D eigenvalue weighted by Gasteiger charge is -2.27. The summed E-state index contributed by atoms with van der Waals surface area (Å²) in [4.78, 5) is 22.5. The highest BCUT2D eigenvalue weighted by atomic mass is 35.6. The molecule has 1 unspecified atom stereocenters. The molecule has 1 amide bonds. The van der Waals surface area contributed by atoms with Gasteiger partial charge in [0.05, 0.1) is 12.0 Å². The molecule has 0 aliphatic heterocycles. The lowest BCUT2D eigenvalue weighted by molar-refractivity contribution is -0.384. The minimum atomic E-state index is -1.87. The van der Waals surface area contributed by atoms with Crippen molar-refractivity contribution in [3.05, 3.63) is 64.2 Å². The molecule has 0 fully saturated rings. The van der Waals surface area contributed by atoms with E-state index in [1.807, 2.05) is 0 Å². The van der Waals surface area contributed by atoms with Crippen molar-refractivity contribution in [3.8, 4) is 5.75 Å². The Kier molecular flexibility index (Phi) is 6.52. The molecule has 138 valence electrons. The molecule has 0 aliphatic carbocycles. The molecule has 0 bridgehead atoms. The molecule has 0 spiro atoms. The number of methoxy groups -OCH3 is 1. The maximum absolute atomic E-state index is 12.4. The van der Waals surface area contributed by atoms with Gasteiger partial charge in [0.1, 0.15) is 11.9 Å². The average molecular weight is 419 g/mol. The van der Waals surface area contributed by atoms with Crippen LogP contribution in [0.15, 0.2) is 48.5 Å². The second-order valence-electron chi connectivity index (χ2n) is 5.12. The Morgan fingerprint density at radius 1 is 1.12 bits per heavy atom. The van der Waals surface area contributed by atoms with Crippen LogP contribution in [0.2, 0.25) is 0 Å². The van der Waals surface area contributed by atoms with Crippen LogP contribution < -0.4 is 15.4 Å². The summed E-state index contributed by atoms with van der Waals surface area (Å²) in [6, 6.07) is 11.9. The van der Waals surface area contributed by atoms with Gasteiger partial charge in [0, 0.05) is 23.4 Å². The number of hydrogen-bond acceptors (Lipinski definition) is 5. The number of nitro benzene ring substituents is 1. The molecule has 0 radical (unpaired) electrons. The van der Waals surface area contributed by atoms with Crippen LogP contribution in [0, 0.1) is 10.1 Å². The van der Waals surface area contributed by atoms with Crippen molar-refractivity contribution in [2.45, 2.75) is 9.96 Å². The molecule has 26 heavy (non-hydrogen) atoms. The van der Waals surface area contributed by atoms with Crippen LogP contribution in [-0.4, -0.2) is 27.9 Å². The Morgan fingerprint density at radius 3 is 2.15 bits per heavy atom. The van der Waals surface area contributed by atoms with Gasteiger partial charge in [0.15, 0.2) is 0 Å². The van der Waals surface area contributed by atoms with Crippen LogP contribution in [0.4, 0.5) is 11.4 Å². The molecule has 0 saturated heterocycles. The first-order valence-corrected chi connectivity index (χ1v) is 8.36. The SMILES string of the molecule is COc1ccc(C(=O)NC(Nc2ccc([N+](=O)[O-])cc2)C(Cl)(Cl)Cl)cc1. The van der Waals surface area contributed by atoms with Gasteiger partial charge in [-0.25, -0.2) is 0 Å². The summed E-state index contributed by atoms with van der Waals surface area (Å²) in [7, 11) is 1.52. The molecule has 0 saturated carbocycles. The van der Waals surface area contributed by atoms with Crippen LogP contribution in [-0.2, 0) is 0 Å². The van der Waals surface area contributed by atoms with Gasteiger partial charge in [-0.1, -0.05) is 34.8 Å². The second kappa shape index (κ2) is 8.44. The number of alkyl halides is 3. The molecule has 0 heterocycles. The molecule has 0 aliphatic rings. The molecular formula is C16H14Cl3N3O4. The number of hydrogen-bond donors (Lipinski definition) is 2. The third-order valence-corrected chi connectivity index (χ3v) is 4.00. The number of amides is 1. The van der Waals surface area contributed by atoms with Crippen LogP contribution in [0.1, 0.15) is 10.4 Å². The van der Waals surface area contributed by atoms with Crippen LogP contribution in [0.3, 0.4) is 0 Å². The Balaban J connectivity index is 2.13. The minimum absolute atomic E-state index is 0.0803. The van der Waals surface area contributed by atoms with E-state index in [9.17, 15) is 14.9 Å². The van der Waals surface area contributed by atoms with Crippen LogP contribution in [0.5, 0.6) is 5.75 Å². The van der Waals surface area contributed by atoms with Gasteiger partial charge in [0.2, 0.25) is 3.79 Å². The molecule has 7 nitrogen and oxygen atoms in total. The van der Waals surface area contributed by atoms with Gasteiger partial charge in [-0.05, 0) is 36.4 Å². The normalized spacial score (nSPS) is 12.2. The summed E-state index contributed by atoms with van der Waals surface area (Å²) in [5.74, 6) is 0.127. The highest BCUT2D eigenvalue weighted by Gasteiger charge is 2.34. The van der Waals surface area contributed by atoms with E-state index in [-0.39, 0.29) is 5.69 Å². The number of nitrogens with one attached hydrogen (secondary N) is 2. The fourth-order valence-corrected chi connectivity index (χ4v) is 2.33. The summed E-state index contributed by atoms with van der Waals surface area (Å²) in [5, 5.41) is 16.1. The summed E-state index contributed by atoms with van der Waals surface area (Å²) in [6.07, 6.45) is -1.08. The summed E-state index contributed by atoms with van der Waals surface area (Å²) in [5.41, 5.74) is 0.695. The molecule has 1 atom stereocenters. The maximum atomic E-state index is 12.4. The molecular weight excluding hydrogens is 405 g/mol. The highest BCUT2D eigenvalue weighted by Crippen LogP contribution is 2.31. The monoisotopic (exact) mass is 417 g/mol. The molecule has 2 rings (SSSR count). The van der Waals surface area contributed by atoms with E-state index in [1.165, 1.54) is 31.4 Å². The number of carbonyl (C=O) groups is 1. The number of anilines is 1. The van der Waals surface area contributed by atoms with Gasteiger partial charge in [-0.15, -0.1) is 0 Å². The Labute approximate surface area is 164 Å². The number of benzene rings is 2. The average Bonchev–Trinajstić information content (AvgIpc) is 2.60. The quantitative estimate of drug-likeness (QED) is 0.318. The number of non-ortho nitro benzene ring substituents is 1. The van der Waals surface area contributed by atoms with E-state index < -0.39 is 20.8 Å². The number of ether oxygens (including phenoxy) is 1. The summed E-state index contributed by atoms with van der Waals surface area (Å²) >= 11 is 17.8. The first-order chi connectivity index (χ1) is 12.2. The number of carbonyl (C=O) groups excluding carboxylic acids is 1. The second-order valence-corrected chi connectivity index (χ2v) is 7.49. The Hall–Kier alpha value is -2.22. The lowest BCUT2D eigenvalue weighted by Crippen LogP contribution is -2.49. The zero-order chi connectivity index (χ0) is 19.3. The summed E-state index contributed by atoms with van der Waals surface area (Å²) in [6.45, 7) is 0. The third kappa shape index (κ3) is 5.39. The first-order valence-electron chi connectivity index (χ1n) is 7.23. The van der Waals surface area contributed by atoms with Crippen molar-refractivity contribution in [2.75, 3.05) is 12.4 Å². The largest absolute Gasteiger partial charge is 0.497 e. The topological polar surface area (TPSA) is 93.5 Å². The van der Waals surface area contributed by atoms with Crippen molar-refractivity contribution >= 4 is 52.1 Å². The van der Waals surface area contributed by atoms with E-state index in [0.717, 1.165) is 0 Å². The standard InChI is InChI=1S/C16H14Cl3N3O4/c1-26-13-8-2-10(3-9-13)14(23)21-15(16(17,18)19)20-11-4-6-12(7-5-11)22(24)25/h2-9,15,20H,1H3,(H,21,23). The van der Waals surface area contributed by atoms with Crippen molar-refractivity contribution in [3.63, 3.8) is 0 Å². The van der Waals surface area contributed by atoms with Gasteiger partial charge in [-0.3, -0.25) is 14.9 Å². The van der Waals surface area contributed by atoms with E-state index in [1.54, 1.807) is 24.3 Å². The highest BCUT2D eigenvalue weighted by molar-refractivity contribution is 6.68. The first kappa shape index (κ1) is 20.1. The maximum Gasteiger partial charge on any atom is 0.269 e. The number of halogens is 3. The van der Waals surface area contributed by atoms with Crippen LogP contribution in [0.25, 0.3) is 0 Å². The van der Waals surface area contributed by atoms with Crippen molar-refractivity contribution < 1.29 is 14.5 Å². The molecule has 2 aromatic carbocycles. The van der Waals surface area contributed by atoms with E-state index in [0.29, 0.717) is 17.0 Å². The van der Waals surface area contributed by atoms with Gasteiger partial charge in [-0.2, -0.15) is 0 Å². The smallest absolute Gasteiger partial charge is 0.269 e. The minimum Gasteiger partial charge on any atom is -0.497 e. The predicted octanol–water partition coefficient (Wildman–Crippen LogP) is 4.14.